The lowest BCUT2D eigenvalue weighted by Crippen LogP contribution is -2.34. The first-order valence-electron chi connectivity index (χ1n) is 8.12. The monoisotopic (exact) mass is 344 g/mol. The second kappa shape index (κ2) is 8.82. The summed E-state index contributed by atoms with van der Waals surface area (Å²) in [5.41, 5.74) is 2.22. The van der Waals surface area contributed by atoms with Crippen LogP contribution in [0.5, 0.6) is 5.75 Å². The van der Waals surface area contributed by atoms with Crippen molar-refractivity contribution in [3.05, 3.63) is 59.4 Å². The summed E-state index contributed by atoms with van der Waals surface area (Å²) in [7, 11) is 0. The van der Waals surface area contributed by atoms with Crippen LogP contribution in [0.1, 0.15) is 25.0 Å². The topological polar surface area (TPSA) is 67.4 Å². The molecule has 0 radical (unpaired) electrons. The number of hydrogen-bond acceptors (Lipinski definition) is 3. The number of halogens is 1. The van der Waals surface area contributed by atoms with Gasteiger partial charge in [-0.2, -0.15) is 0 Å². The number of aryl methyl sites for hydroxylation is 1. The van der Waals surface area contributed by atoms with Gasteiger partial charge in [0.25, 0.3) is 0 Å². The molecule has 2 rings (SSSR count). The Labute approximate surface area is 146 Å². The van der Waals surface area contributed by atoms with Crippen LogP contribution >= 0.6 is 0 Å². The molecule has 2 aromatic rings. The first-order valence-corrected chi connectivity index (χ1v) is 8.12. The summed E-state index contributed by atoms with van der Waals surface area (Å²) in [6.45, 7) is 4.21. The van der Waals surface area contributed by atoms with Gasteiger partial charge in [-0.3, -0.25) is 9.59 Å². The number of hydrogen-bond donors (Lipinski definition) is 2. The molecule has 0 aliphatic rings. The quantitative estimate of drug-likeness (QED) is 0.792. The average Bonchev–Trinajstić information content (AvgIpc) is 2.62. The number of rotatable bonds is 6. The highest BCUT2D eigenvalue weighted by Gasteiger charge is 2.14. The van der Waals surface area contributed by atoms with Crippen molar-refractivity contribution in [2.75, 3.05) is 11.9 Å². The molecule has 0 aromatic heterocycles. The zero-order valence-corrected chi connectivity index (χ0v) is 14.3. The van der Waals surface area contributed by atoms with Crippen LogP contribution in [0.15, 0.2) is 42.5 Å². The third-order valence-electron chi connectivity index (χ3n) is 3.58. The van der Waals surface area contributed by atoms with Crippen LogP contribution in [-0.4, -0.2) is 18.4 Å². The molecule has 6 heteroatoms. The van der Waals surface area contributed by atoms with Gasteiger partial charge < -0.3 is 15.4 Å². The van der Waals surface area contributed by atoms with Crippen molar-refractivity contribution in [1.82, 2.24) is 5.32 Å². The molecule has 0 aliphatic carbocycles. The van der Waals surface area contributed by atoms with Gasteiger partial charge >= 0.3 is 11.8 Å². The van der Waals surface area contributed by atoms with E-state index in [9.17, 15) is 14.0 Å². The molecule has 2 N–H and O–H groups in total. The Kier molecular flexibility index (Phi) is 6.51. The van der Waals surface area contributed by atoms with Crippen molar-refractivity contribution in [2.24, 2.45) is 0 Å². The minimum atomic E-state index is -0.783. The molecular formula is C19H21FN2O3. The zero-order valence-electron chi connectivity index (χ0n) is 14.3. The van der Waals surface area contributed by atoms with E-state index >= 15 is 0 Å². The van der Waals surface area contributed by atoms with Crippen LogP contribution < -0.4 is 15.4 Å². The first kappa shape index (κ1) is 18.4. The summed E-state index contributed by atoms with van der Waals surface area (Å²) >= 11 is 0. The van der Waals surface area contributed by atoms with Gasteiger partial charge in [0, 0.05) is 12.2 Å². The van der Waals surface area contributed by atoms with E-state index in [-0.39, 0.29) is 12.3 Å². The van der Waals surface area contributed by atoms with E-state index in [1.807, 2.05) is 19.1 Å². The largest absolute Gasteiger partial charge is 0.491 e. The highest BCUT2D eigenvalue weighted by molar-refractivity contribution is 6.39. The van der Waals surface area contributed by atoms with E-state index in [0.29, 0.717) is 17.9 Å². The fraction of sp³-hybridized carbons (Fsp3) is 0.263. The number of carbonyl (C=O) groups is 2. The van der Waals surface area contributed by atoms with Crippen LogP contribution in [0.2, 0.25) is 0 Å². The Morgan fingerprint density at radius 2 is 1.68 bits per heavy atom. The molecule has 0 atom stereocenters. The van der Waals surface area contributed by atoms with Crippen LogP contribution in [-0.2, 0) is 22.6 Å². The molecule has 0 spiro atoms. The number of ether oxygens (including phenoxy) is 1. The summed E-state index contributed by atoms with van der Waals surface area (Å²) in [4.78, 5) is 23.7. The molecule has 0 fully saturated rings. The van der Waals surface area contributed by atoms with Crippen molar-refractivity contribution in [2.45, 2.75) is 26.8 Å². The van der Waals surface area contributed by atoms with Crippen LogP contribution in [0, 0.1) is 5.82 Å². The molecule has 0 unspecified atom stereocenters. The minimum Gasteiger partial charge on any atom is -0.491 e. The van der Waals surface area contributed by atoms with Crippen molar-refractivity contribution >= 4 is 17.5 Å². The van der Waals surface area contributed by atoms with Crippen LogP contribution in [0.25, 0.3) is 0 Å². The molecule has 0 bridgehead atoms. The molecule has 2 amide bonds. The second-order valence-corrected chi connectivity index (χ2v) is 5.39. The highest BCUT2D eigenvalue weighted by atomic mass is 19.1. The molecule has 0 saturated carbocycles. The van der Waals surface area contributed by atoms with E-state index in [0.717, 1.165) is 12.0 Å². The standard InChI is InChI=1S/C19H21FN2O3/c1-3-13-5-8-15(9-6-13)22-19(24)18(23)21-12-14-7-10-17(25-4-2)16(20)11-14/h5-11H,3-4,12H2,1-2H3,(H,21,23)(H,22,24). The predicted octanol–water partition coefficient (Wildman–Crippen LogP) is 3.04. The fourth-order valence-corrected chi connectivity index (χ4v) is 2.20. The second-order valence-electron chi connectivity index (χ2n) is 5.39. The Morgan fingerprint density at radius 3 is 2.28 bits per heavy atom. The molecule has 2 aromatic carbocycles. The van der Waals surface area contributed by atoms with Gasteiger partial charge in [0.2, 0.25) is 0 Å². The number of amides is 2. The maximum absolute atomic E-state index is 13.8. The van der Waals surface area contributed by atoms with Gasteiger partial charge in [0.1, 0.15) is 0 Å². The Hall–Kier alpha value is -2.89. The van der Waals surface area contributed by atoms with Crippen molar-refractivity contribution < 1.29 is 18.7 Å². The lowest BCUT2D eigenvalue weighted by atomic mass is 10.1. The summed E-state index contributed by atoms with van der Waals surface area (Å²) < 4.78 is 18.9. The smallest absolute Gasteiger partial charge is 0.313 e. The fourth-order valence-electron chi connectivity index (χ4n) is 2.20. The van der Waals surface area contributed by atoms with E-state index in [2.05, 4.69) is 10.6 Å². The maximum atomic E-state index is 13.8. The third kappa shape index (κ3) is 5.31. The van der Waals surface area contributed by atoms with Crippen LogP contribution in [0.4, 0.5) is 10.1 Å². The number of nitrogens with one attached hydrogen (secondary N) is 2. The van der Waals surface area contributed by atoms with Gasteiger partial charge in [-0.15, -0.1) is 0 Å². The normalized spacial score (nSPS) is 10.2. The van der Waals surface area contributed by atoms with E-state index in [1.165, 1.54) is 12.1 Å². The minimum absolute atomic E-state index is 0.0460. The predicted molar refractivity (Wildman–Crippen MR) is 93.9 cm³/mol. The number of carbonyl (C=O) groups excluding carboxylic acids is 2. The maximum Gasteiger partial charge on any atom is 0.313 e. The molecule has 0 saturated heterocycles. The molecule has 0 heterocycles. The summed E-state index contributed by atoms with van der Waals surface area (Å²) in [6.07, 6.45) is 0.896. The SMILES string of the molecule is CCOc1ccc(CNC(=O)C(=O)Nc2ccc(CC)cc2)cc1F. The molecule has 0 aliphatic heterocycles. The van der Waals surface area contributed by atoms with Crippen molar-refractivity contribution in [3.63, 3.8) is 0 Å². The first-order chi connectivity index (χ1) is 12.0. The van der Waals surface area contributed by atoms with Gasteiger partial charge in [0.15, 0.2) is 11.6 Å². The molecule has 5 nitrogen and oxygen atoms in total. The number of anilines is 1. The van der Waals surface area contributed by atoms with Crippen molar-refractivity contribution in [1.29, 1.82) is 0 Å². The summed E-state index contributed by atoms with van der Waals surface area (Å²) in [5.74, 6) is -1.90. The van der Waals surface area contributed by atoms with Gasteiger partial charge in [-0.05, 0) is 48.7 Å². The third-order valence-corrected chi connectivity index (χ3v) is 3.58. The van der Waals surface area contributed by atoms with E-state index in [4.69, 9.17) is 4.74 Å². The zero-order chi connectivity index (χ0) is 18.2. The number of benzene rings is 2. The lowest BCUT2D eigenvalue weighted by molar-refractivity contribution is -0.136. The Balaban J connectivity index is 1.88. The molecular weight excluding hydrogens is 323 g/mol. The Morgan fingerprint density at radius 1 is 1.00 bits per heavy atom. The van der Waals surface area contributed by atoms with Gasteiger partial charge in [-0.25, -0.2) is 4.39 Å². The molecule has 25 heavy (non-hydrogen) atoms. The summed E-state index contributed by atoms with van der Waals surface area (Å²) in [5, 5.41) is 4.98. The Bertz CT molecular complexity index is 745. The highest BCUT2D eigenvalue weighted by Crippen LogP contribution is 2.18. The summed E-state index contributed by atoms with van der Waals surface area (Å²) in [6, 6.07) is 11.7. The van der Waals surface area contributed by atoms with Crippen LogP contribution in [0.3, 0.4) is 0 Å². The molecule has 132 valence electrons. The lowest BCUT2D eigenvalue weighted by Gasteiger charge is -2.09. The van der Waals surface area contributed by atoms with Crippen molar-refractivity contribution in [3.8, 4) is 5.75 Å². The average molecular weight is 344 g/mol. The van der Waals surface area contributed by atoms with Gasteiger partial charge in [0.05, 0.1) is 6.61 Å². The van der Waals surface area contributed by atoms with E-state index in [1.54, 1.807) is 25.1 Å². The van der Waals surface area contributed by atoms with E-state index < -0.39 is 17.6 Å². The van der Waals surface area contributed by atoms with Gasteiger partial charge in [-0.1, -0.05) is 25.1 Å².